The summed E-state index contributed by atoms with van der Waals surface area (Å²) in [6.45, 7) is 3.83. The van der Waals surface area contributed by atoms with Crippen molar-refractivity contribution < 1.29 is 4.74 Å². The van der Waals surface area contributed by atoms with Crippen molar-refractivity contribution in [2.45, 2.75) is 31.2 Å². The molecule has 0 amide bonds. The lowest BCUT2D eigenvalue weighted by molar-refractivity contribution is 0.193. The second-order valence-electron chi connectivity index (χ2n) is 5.06. The van der Waals surface area contributed by atoms with Crippen LogP contribution in [0.2, 0.25) is 0 Å². The van der Waals surface area contributed by atoms with Gasteiger partial charge in [-0.2, -0.15) is 0 Å². The van der Waals surface area contributed by atoms with E-state index in [1.54, 1.807) is 6.33 Å². The molecule has 0 saturated carbocycles. The Balaban J connectivity index is 1.66. The van der Waals surface area contributed by atoms with Gasteiger partial charge in [0.2, 0.25) is 0 Å². The number of hydrogen-bond acceptors (Lipinski definition) is 5. The van der Waals surface area contributed by atoms with E-state index in [1.807, 2.05) is 0 Å². The molecule has 2 saturated heterocycles. The predicted octanol–water partition coefficient (Wildman–Crippen LogP) is 1.14. The van der Waals surface area contributed by atoms with Crippen LogP contribution in [0.1, 0.15) is 30.9 Å². The summed E-state index contributed by atoms with van der Waals surface area (Å²) in [6.07, 6.45) is 5.05. The summed E-state index contributed by atoms with van der Waals surface area (Å²) in [6, 6.07) is 2.62. The van der Waals surface area contributed by atoms with Crippen molar-refractivity contribution >= 4 is 5.82 Å². The van der Waals surface area contributed by atoms with Crippen LogP contribution in [0.4, 0.5) is 5.82 Å². The molecule has 0 radical (unpaired) electrons. The van der Waals surface area contributed by atoms with Gasteiger partial charge in [-0.25, -0.2) is 9.97 Å². The fourth-order valence-electron chi connectivity index (χ4n) is 2.62. The third-order valence-electron chi connectivity index (χ3n) is 3.73. The topological polar surface area (TPSA) is 59.1 Å². The lowest BCUT2D eigenvalue weighted by Gasteiger charge is -2.24. The molecule has 3 rings (SSSR count). The minimum Gasteiger partial charge on any atom is -0.381 e. The van der Waals surface area contributed by atoms with E-state index in [4.69, 9.17) is 4.74 Å². The molecule has 0 aromatic carbocycles. The van der Waals surface area contributed by atoms with Crippen molar-refractivity contribution in [2.24, 2.45) is 0 Å². The van der Waals surface area contributed by atoms with E-state index in [9.17, 15) is 0 Å². The first kappa shape index (κ1) is 11.9. The van der Waals surface area contributed by atoms with Gasteiger partial charge in [-0.15, -0.1) is 0 Å². The summed E-state index contributed by atoms with van der Waals surface area (Å²) in [7, 11) is 0. The number of nitrogens with zero attached hydrogens (tertiary/aromatic N) is 2. The third kappa shape index (κ3) is 2.79. The van der Waals surface area contributed by atoms with Crippen molar-refractivity contribution in [1.82, 2.24) is 15.3 Å². The van der Waals surface area contributed by atoms with Crippen molar-refractivity contribution in [2.75, 3.05) is 31.6 Å². The molecule has 1 aromatic heterocycles. The first-order valence-electron chi connectivity index (χ1n) is 6.79. The van der Waals surface area contributed by atoms with E-state index in [0.29, 0.717) is 12.0 Å². The SMILES string of the molecule is c1nc(NC2CCNCC2)cc([C@H]2CCOC2)n1. The van der Waals surface area contributed by atoms with Crippen LogP contribution in [0, 0.1) is 0 Å². The molecule has 5 heteroatoms. The molecule has 18 heavy (non-hydrogen) atoms. The summed E-state index contributed by atoms with van der Waals surface area (Å²) in [5, 5.41) is 6.88. The zero-order chi connectivity index (χ0) is 12.2. The van der Waals surface area contributed by atoms with E-state index in [-0.39, 0.29) is 0 Å². The molecule has 0 bridgehead atoms. The number of nitrogens with one attached hydrogen (secondary N) is 2. The molecule has 2 aliphatic rings. The van der Waals surface area contributed by atoms with Crippen LogP contribution in [0.5, 0.6) is 0 Å². The van der Waals surface area contributed by atoms with E-state index in [1.165, 1.54) is 0 Å². The average molecular weight is 248 g/mol. The normalized spacial score (nSPS) is 25.2. The lowest BCUT2D eigenvalue weighted by atomic mass is 10.0. The Labute approximate surface area is 107 Å². The molecule has 5 nitrogen and oxygen atoms in total. The second kappa shape index (κ2) is 5.63. The standard InChI is InChI=1S/C13H20N4O/c1-4-14-5-2-11(1)17-13-7-12(15-9-16-13)10-3-6-18-8-10/h7,9-11,14H,1-6,8H2,(H,15,16,17)/t10-/m0/s1. The molecular formula is C13H20N4O. The monoisotopic (exact) mass is 248 g/mol. The maximum Gasteiger partial charge on any atom is 0.129 e. The highest BCUT2D eigenvalue weighted by molar-refractivity contribution is 5.37. The van der Waals surface area contributed by atoms with Crippen molar-refractivity contribution in [1.29, 1.82) is 0 Å². The summed E-state index contributed by atoms with van der Waals surface area (Å²) < 4.78 is 5.41. The third-order valence-corrected chi connectivity index (χ3v) is 3.73. The maximum absolute atomic E-state index is 5.41. The van der Waals surface area contributed by atoms with Crippen LogP contribution in [0.25, 0.3) is 0 Å². The highest BCUT2D eigenvalue weighted by Gasteiger charge is 2.20. The van der Waals surface area contributed by atoms with Crippen LogP contribution in [-0.2, 0) is 4.74 Å². The van der Waals surface area contributed by atoms with Crippen LogP contribution < -0.4 is 10.6 Å². The van der Waals surface area contributed by atoms with Crippen LogP contribution in [-0.4, -0.2) is 42.3 Å². The molecule has 0 spiro atoms. The van der Waals surface area contributed by atoms with Gasteiger partial charge in [-0.05, 0) is 32.4 Å². The van der Waals surface area contributed by atoms with Gasteiger partial charge in [-0.1, -0.05) is 0 Å². The van der Waals surface area contributed by atoms with Gasteiger partial charge in [0, 0.05) is 24.6 Å². The summed E-state index contributed by atoms with van der Waals surface area (Å²) >= 11 is 0. The Morgan fingerprint density at radius 2 is 2.11 bits per heavy atom. The fraction of sp³-hybridized carbons (Fsp3) is 0.692. The first-order valence-corrected chi connectivity index (χ1v) is 6.79. The van der Waals surface area contributed by atoms with Crippen LogP contribution in [0.3, 0.4) is 0 Å². The molecule has 3 heterocycles. The Morgan fingerprint density at radius 3 is 2.89 bits per heavy atom. The number of anilines is 1. The lowest BCUT2D eigenvalue weighted by Crippen LogP contribution is -2.35. The molecule has 98 valence electrons. The quantitative estimate of drug-likeness (QED) is 0.840. The molecular weight excluding hydrogens is 228 g/mol. The number of ether oxygens (including phenoxy) is 1. The molecule has 2 aliphatic heterocycles. The van der Waals surface area contributed by atoms with Crippen molar-refractivity contribution in [3.63, 3.8) is 0 Å². The van der Waals surface area contributed by atoms with Gasteiger partial charge in [0.1, 0.15) is 12.1 Å². The van der Waals surface area contributed by atoms with Gasteiger partial charge in [0.15, 0.2) is 0 Å². The molecule has 2 fully saturated rings. The zero-order valence-electron chi connectivity index (χ0n) is 10.6. The number of rotatable bonds is 3. The molecule has 0 aliphatic carbocycles. The minimum absolute atomic E-state index is 0.446. The van der Waals surface area contributed by atoms with E-state index in [2.05, 4.69) is 26.7 Å². The molecule has 1 atom stereocenters. The molecule has 0 unspecified atom stereocenters. The number of piperidine rings is 1. The number of hydrogen-bond donors (Lipinski definition) is 2. The number of aromatic nitrogens is 2. The summed E-state index contributed by atoms with van der Waals surface area (Å²) in [5.74, 6) is 1.40. The average Bonchev–Trinajstić information content (AvgIpc) is 2.94. The second-order valence-corrected chi connectivity index (χ2v) is 5.06. The first-order chi connectivity index (χ1) is 8.92. The smallest absolute Gasteiger partial charge is 0.129 e. The van der Waals surface area contributed by atoms with Gasteiger partial charge in [0.25, 0.3) is 0 Å². The van der Waals surface area contributed by atoms with E-state index < -0.39 is 0 Å². The summed E-state index contributed by atoms with van der Waals surface area (Å²) in [5.41, 5.74) is 1.11. The predicted molar refractivity (Wildman–Crippen MR) is 69.7 cm³/mol. The van der Waals surface area contributed by atoms with Crippen molar-refractivity contribution in [3.8, 4) is 0 Å². The minimum atomic E-state index is 0.446. The Hall–Kier alpha value is -1.20. The fourth-order valence-corrected chi connectivity index (χ4v) is 2.62. The zero-order valence-corrected chi connectivity index (χ0v) is 10.6. The van der Waals surface area contributed by atoms with E-state index in [0.717, 1.165) is 57.1 Å². The maximum atomic E-state index is 5.41. The van der Waals surface area contributed by atoms with Gasteiger partial charge in [0.05, 0.1) is 12.3 Å². The molecule has 2 N–H and O–H groups in total. The van der Waals surface area contributed by atoms with Crippen LogP contribution in [0.15, 0.2) is 12.4 Å². The van der Waals surface area contributed by atoms with Crippen LogP contribution >= 0.6 is 0 Å². The molecule has 1 aromatic rings. The van der Waals surface area contributed by atoms with Gasteiger partial charge < -0.3 is 15.4 Å². The largest absolute Gasteiger partial charge is 0.381 e. The summed E-state index contributed by atoms with van der Waals surface area (Å²) in [4.78, 5) is 8.69. The van der Waals surface area contributed by atoms with Crippen molar-refractivity contribution in [3.05, 3.63) is 18.1 Å². The van der Waals surface area contributed by atoms with E-state index >= 15 is 0 Å². The Morgan fingerprint density at radius 1 is 1.22 bits per heavy atom. The Kier molecular flexibility index (Phi) is 3.71. The van der Waals surface area contributed by atoms with Gasteiger partial charge >= 0.3 is 0 Å². The Bertz CT molecular complexity index is 386. The van der Waals surface area contributed by atoms with Gasteiger partial charge in [-0.3, -0.25) is 0 Å². The highest BCUT2D eigenvalue weighted by Crippen LogP contribution is 2.24. The highest BCUT2D eigenvalue weighted by atomic mass is 16.5.